The summed E-state index contributed by atoms with van der Waals surface area (Å²) in [4.78, 5) is 14.8. The minimum atomic E-state index is 0.121. The summed E-state index contributed by atoms with van der Waals surface area (Å²) in [6, 6.07) is 10.0. The van der Waals surface area contributed by atoms with Gasteiger partial charge in [0, 0.05) is 36.5 Å². The smallest absolute Gasteiger partial charge is 0.225 e. The molecular formula is C15H19BrN6. The topological polar surface area (TPSA) is 93.4 Å². The predicted octanol–water partition coefficient (Wildman–Crippen LogP) is 1.91. The van der Waals surface area contributed by atoms with Gasteiger partial charge in [-0.05, 0) is 30.2 Å². The van der Waals surface area contributed by atoms with Gasteiger partial charge in [0.15, 0.2) is 5.96 Å². The van der Waals surface area contributed by atoms with Gasteiger partial charge in [0.25, 0.3) is 0 Å². The molecule has 0 fully saturated rings. The van der Waals surface area contributed by atoms with E-state index in [0.717, 1.165) is 24.0 Å². The minimum absolute atomic E-state index is 0.121. The number of nitrogens with two attached hydrogens (primary N) is 2. The van der Waals surface area contributed by atoms with Crippen molar-refractivity contribution in [2.45, 2.75) is 13.0 Å². The van der Waals surface area contributed by atoms with Crippen molar-refractivity contribution in [3.63, 3.8) is 0 Å². The average molecular weight is 363 g/mol. The largest absolute Gasteiger partial charge is 0.370 e. The molecule has 22 heavy (non-hydrogen) atoms. The van der Waals surface area contributed by atoms with Crippen LogP contribution in [0.5, 0.6) is 0 Å². The molecule has 0 atom stereocenters. The van der Waals surface area contributed by atoms with Crippen LogP contribution in [0.4, 0.5) is 5.95 Å². The molecule has 0 saturated carbocycles. The summed E-state index contributed by atoms with van der Waals surface area (Å²) in [7, 11) is 0. The molecule has 1 aromatic heterocycles. The summed E-state index contributed by atoms with van der Waals surface area (Å²) in [6.45, 7) is 2.10. The number of rotatable bonds is 7. The van der Waals surface area contributed by atoms with E-state index in [-0.39, 0.29) is 5.96 Å². The second kappa shape index (κ2) is 8.33. The van der Waals surface area contributed by atoms with Gasteiger partial charge in [-0.3, -0.25) is 4.99 Å². The molecule has 0 amide bonds. The van der Waals surface area contributed by atoms with E-state index in [1.54, 1.807) is 18.5 Å². The van der Waals surface area contributed by atoms with E-state index in [4.69, 9.17) is 11.5 Å². The van der Waals surface area contributed by atoms with Crippen LogP contribution in [0.15, 0.2) is 52.2 Å². The van der Waals surface area contributed by atoms with Gasteiger partial charge in [-0.2, -0.15) is 0 Å². The molecule has 1 heterocycles. The van der Waals surface area contributed by atoms with Crippen LogP contribution in [0.3, 0.4) is 0 Å². The Balaban J connectivity index is 2.04. The van der Waals surface area contributed by atoms with Gasteiger partial charge in [0.05, 0.1) is 0 Å². The van der Waals surface area contributed by atoms with Crippen LogP contribution in [0.2, 0.25) is 0 Å². The van der Waals surface area contributed by atoms with Crippen LogP contribution in [0, 0.1) is 0 Å². The maximum absolute atomic E-state index is 5.34. The molecule has 1 aromatic carbocycles. The zero-order valence-corrected chi connectivity index (χ0v) is 13.8. The summed E-state index contributed by atoms with van der Waals surface area (Å²) in [5.74, 6) is 0.825. The molecule has 7 heteroatoms. The van der Waals surface area contributed by atoms with Crippen molar-refractivity contribution < 1.29 is 0 Å². The fourth-order valence-electron chi connectivity index (χ4n) is 1.98. The molecular weight excluding hydrogens is 344 g/mol. The van der Waals surface area contributed by atoms with Crippen LogP contribution in [-0.4, -0.2) is 29.0 Å². The predicted molar refractivity (Wildman–Crippen MR) is 92.5 cm³/mol. The zero-order valence-electron chi connectivity index (χ0n) is 12.2. The summed E-state index contributed by atoms with van der Waals surface area (Å²) in [5.41, 5.74) is 11.9. The van der Waals surface area contributed by atoms with E-state index in [1.165, 1.54) is 5.56 Å². The molecule has 0 aliphatic heterocycles. The Labute approximate surface area is 138 Å². The zero-order chi connectivity index (χ0) is 15.8. The van der Waals surface area contributed by atoms with Crippen LogP contribution < -0.4 is 16.4 Å². The fraction of sp³-hybridized carbons (Fsp3) is 0.267. The Kier molecular flexibility index (Phi) is 6.14. The normalized spacial score (nSPS) is 10.2. The van der Waals surface area contributed by atoms with E-state index in [2.05, 4.69) is 47.9 Å². The van der Waals surface area contributed by atoms with E-state index >= 15 is 0 Å². The lowest BCUT2D eigenvalue weighted by Gasteiger charge is -2.22. The van der Waals surface area contributed by atoms with E-state index in [1.807, 2.05) is 12.1 Å². The highest BCUT2D eigenvalue weighted by atomic mass is 79.9. The van der Waals surface area contributed by atoms with Crippen LogP contribution in [-0.2, 0) is 6.54 Å². The Hall–Kier alpha value is -2.15. The third kappa shape index (κ3) is 5.33. The van der Waals surface area contributed by atoms with Crippen LogP contribution >= 0.6 is 15.9 Å². The number of halogens is 1. The highest BCUT2D eigenvalue weighted by Gasteiger charge is 2.09. The number of hydrogen-bond acceptors (Lipinski definition) is 4. The first-order valence-corrected chi connectivity index (χ1v) is 7.76. The maximum Gasteiger partial charge on any atom is 0.225 e. The molecule has 2 aromatic rings. The molecule has 0 saturated heterocycles. The number of aromatic nitrogens is 2. The molecule has 0 aliphatic carbocycles. The quantitative estimate of drug-likeness (QED) is 0.445. The Morgan fingerprint density at radius 1 is 1.14 bits per heavy atom. The van der Waals surface area contributed by atoms with Crippen molar-refractivity contribution >= 4 is 27.8 Å². The number of anilines is 1. The van der Waals surface area contributed by atoms with Crippen LogP contribution in [0.1, 0.15) is 12.0 Å². The third-order valence-electron chi connectivity index (χ3n) is 3.00. The van der Waals surface area contributed by atoms with E-state index in [0.29, 0.717) is 12.5 Å². The Morgan fingerprint density at radius 2 is 1.82 bits per heavy atom. The standard InChI is InChI=1S/C15H19BrN6/c16-13-5-3-12(4-6-13)11-22(10-2-9-19-14(17)18)15-20-7-1-8-21-15/h1,3-8H,2,9-11H2,(H4,17,18,19). The molecule has 2 rings (SSSR count). The summed E-state index contributed by atoms with van der Waals surface area (Å²) in [6.07, 6.45) is 4.31. The lowest BCUT2D eigenvalue weighted by Crippen LogP contribution is -2.27. The van der Waals surface area contributed by atoms with E-state index < -0.39 is 0 Å². The van der Waals surface area contributed by atoms with Crippen molar-refractivity contribution in [1.82, 2.24) is 9.97 Å². The van der Waals surface area contributed by atoms with Crippen molar-refractivity contribution in [2.75, 3.05) is 18.0 Å². The van der Waals surface area contributed by atoms with Crippen molar-refractivity contribution in [3.05, 3.63) is 52.8 Å². The van der Waals surface area contributed by atoms with Crippen molar-refractivity contribution in [1.29, 1.82) is 0 Å². The second-order valence-corrected chi connectivity index (χ2v) is 5.67. The number of benzene rings is 1. The first-order chi connectivity index (χ1) is 10.6. The first kappa shape index (κ1) is 16.2. The number of nitrogens with zero attached hydrogens (tertiary/aromatic N) is 4. The lowest BCUT2D eigenvalue weighted by atomic mass is 10.2. The molecule has 116 valence electrons. The van der Waals surface area contributed by atoms with Gasteiger partial charge >= 0.3 is 0 Å². The van der Waals surface area contributed by atoms with Crippen molar-refractivity contribution in [3.8, 4) is 0 Å². The molecule has 0 bridgehead atoms. The average Bonchev–Trinajstić information content (AvgIpc) is 2.53. The third-order valence-corrected chi connectivity index (χ3v) is 3.53. The minimum Gasteiger partial charge on any atom is -0.370 e. The van der Waals surface area contributed by atoms with Gasteiger partial charge in [-0.25, -0.2) is 9.97 Å². The van der Waals surface area contributed by atoms with Crippen LogP contribution in [0.25, 0.3) is 0 Å². The molecule has 0 spiro atoms. The summed E-state index contributed by atoms with van der Waals surface area (Å²) >= 11 is 3.44. The maximum atomic E-state index is 5.34. The lowest BCUT2D eigenvalue weighted by molar-refractivity contribution is 0.714. The fourth-order valence-corrected chi connectivity index (χ4v) is 2.25. The molecule has 6 nitrogen and oxygen atoms in total. The number of hydrogen-bond donors (Lipinski definition) is 2. The van der Waals surface area contributed by atoms with Crippen molar-refractivity contribution in [2.24, 2.45) is 16.5 Å². The SMILES string of the molecule is NC(N)=NCCCN(Cc1ccc(Br)cc1)c1ncccn1. The number of guanidine groups is 1. The first-order valence-electron chi connectivity index (χ1n) is 6.97. The molecule has 0 radical (unpaired) electrons. The Morgan fingerprint density at radius 3 is 2.45 bits per heavy atom. The van der Waals surface area contributed by atoms with Gasteiger partial charge in [0.2, 0.25) is 5.95 Å². The summed E-state index contributed by atoms with van der Waals surface area (Å²) in [5, 5.41) is 0. The molecule has 0 aliphatic rings. The van der Waals surface area contributed by atoms with Gasteiger partial charge in [0.1, 0.15) is 0 Å². The second-order valence-electron chi connectivity index (χ2n) is 4.76. The highest BCUT2D eigenvalue weighted by Crippen LogP contribution is 2.15. The van der Waals surface area contributed by atoms with Gasteiger partial charge in [-0.1, -0.05) is 28.1 Å². The Bertz CT molecular complexity index is 595. The highest BCUT2D eigenvalue weighted by molar-refractivity contribution is 9.10. The molecule has 0 unspecified atom stereocenters. The van der Waals surface area contributed by atoms with Gasteiger partial charge in [-0.15, -0.1) is 0 Å². The summed E-state index contributed by atoms with van der Waals surface area (Å²) < 4.78 is 1.06. The monoisotopic (exact) mass is 362 g/mol. The van der Waals surface area contributed by atoms with E-state index in [9.17, 15) is 0 Å². The van der Waals surface area contributed by atoms with Gasteiger partial charge < -0.3 is 16.4 Å². The molecule has 4 N–H and O–H groups in total. The number of aliphatic imine (C=N–C) groups is 1.